The van der Waals surface area contributed by atoms with E-state index in [0.717, 1.165) is 6.42 Å². The molecule has 0 spiro atoms. The summed E-state index contributed by atoms with van der Waals surface area (Å²) < 4.78 is 0. The molecule has 2 rings (SSSR count). The normalized spacial score (nSPS) is 25.7. The number of nitrogens with two attached hydrogens (primary N) is 1. The van der Waals surface area contributed by atoms with Crippen LogP contribution in [0.5, 0.6) is 0 Å². The van der Waals surface area contributed by atoms with Crippen molar-refractivity contribution >= 4 is 0 Å². The predicted octanol–water partition coefficient (Wildman–Crippen LogP) is 1.74. The van der Waals surface area contributed by atoms with Gasteiger partial charge in [-0.2, -0.15) is 0 Å². The van der Waals surface area contributed by atoms with Crippen LogP contribution in [0.3, 0.4) is 0 Å². The van der Waals surface area contributed by atoms with Crippen LogP contribution in [0.4, 0.5) is 0 Å². The number of rotatable bonds is 2. The summed E-state index contributed by atoms with van der Waals surface area (Å²) in [5, 5.41) is 3.40. The lowest BCUT2D eigenvalue weighted by Gasteiger charge is -2.16. The number of benzene rings is 1. The Hall–Kier alpha value is -1.30. The van der Waals surface area contributed by atoms with E-state index in [1.807, 2.05) is 19.1 Å². The van der Waals surface area contributed by atoms with Gasteiger partial charge < -0.3 is 5.73 Å². The van der Waals surface area contributed by atoms with Gasteiger partial charge in [-0.15, -0.1) is 6.42 Å². The Kier molecular flexibility index (Phi) is 2.77. The first-order chi connectivity index (χ1) is 7.22. The summed E-state index contributed by atoms with van der Waals surface area (Å²) in [5.74, 6) is 2.69. The fourth-order valence-corrected chi connectivity index (χ4v) is 2.18. The smallest absolute Gasteiger partial charge is 0.0663 e. The molecule has 78 valence electrons. The second-order valence-corrected chi connectivity index (χ2v) is 4.08. The maximum atomic E-state index is 6.06. The molecule has 1 aromatic carbocycles. The number of hydrogen-bond acceptors (Lipinski definition) is 2. The predicted molar refractivity (Wildman–Crippen MR) is 62.2 cm³/mol. The van der Waals surface area contributed by atoms with Crippen LogP contribution in [0.2, 0.25) is 0 Å². The quantitative estimate of drug-likeness (QED) is 0.714. The Morgan fingerprint density at radius 3 is 2.80 bits per heavy atom. The van der Waals surface area contributed by atoms with Gasteiger partial charge in [0.15, 0.2) is 0 Å². The lowest BCUT2D eigenvalue weighted by Crippen LogP contribution is -2.28. The highest BCUT2D eigenvalue weighted by Crippen LogP contribution is 2.36. The van der Waals surface area contributed by atoms with Crippen LogP contribution < -0.4 is 11.1 Å². The molecule has 0 bridgehead atoms. The molecule has 0 aromatic heterocycles. The van der Waals surface area contributed by atoms with E-state index in [1.165, 1.54) is 11.1 Å². The van der Waals surface area contributed by atoms with E-state index < -0.39 is 0 Å². The number of terminal acetylenes is 1. The molecule has 3 N–H and O–H groups in total. The summed E-state index contributed by atoms with van der Waals surface area (Å²) in [7, 11) is 0. The molecule has 1 aliphatic rings. The van der Waals surface area contributed by atoms with Crippen molar-refractivity contribution in [3.8, 4) is 12.3 Å². The molecule has 0 saturated carbocycles. The van der Waals surface area contributed by atoms with E-state index in [9.17, 15) is 0 Å². The van der Waals surface area contributed by atoms with Crippen molar-refractivity contribution in [1.82, 2.24) is 5.32 Å². The first-order valence-electron chi connectivity index (χ1n) is 5.29. The van der Waals surface area contributed by atoms with E-state index in [0.29, 0.717) is 6.04 Å². The summed E-state index contributed by atoms with van der Waals surface area (Å²) in [4.78, 5) is 0. The first kappa shape index (κ1) is 10.2. The minimum absolute atomic E-state index is 0.0911. The SMILES string of the molecule is C#CC(C)NC1CC(N)c2ccccc21. The van der Waals surface area contributed by atoms with E-state index in [4.69, 9.17) is 12.2 Å². The standard InChI is InChI=1S/C13H16N2/c1-3-9(2)15-13-8-12(14)10-6-4-5-7-11(10)13/h1,4-7,9,12-13,15H,8,14H2,2H3. The van der Waals surface area contributed by atoms with Gasteiger partial charge in [0.05, 0.1) is 6.04 Å². The molecule has 0 amide bonds. The zero-order valence-electron chi connectivity index (χ0n) is 8.90. The molecule has 15 heavy (non-hydrogen) atoms. The molecule has 0 radical (unpaired) electrons. The van der Waals surface area contributed by atoms with Crippen molar-refractivity contribution in [2.24, 2.45) is 5.73 Å². The fraction of sp³-hybridized carbons (Fsp3) is 0.385. The fourth-order valence-electron chi connectivity index (χ4n) is 2.18. The molecular weight excluding hydrogens is 184 g/mol. The number of nitrogens with one attached hydrogen (secondary N) is 1. The maximum absolute atomic E-state index is 6.06. The highest BCUT2D eigenvalue weighted by molar-refractivity contribution is 5.37. The van der Waals surface area contributed by atoms with E-state index in [2.05, 4.69) is 23.4 Å². The van der Waals surface area contributed by atoms with Gasteiger partial charge in [-0.05, 0) is 24.5 Å². The molecule has 2 nitrogen and oxygen atoms in total. The van der Waals surface area contributed by atoms with Crippen LogP contribution >= 0.6 is 0 Å². The highest BCUT2D eigenvalue weighted by atomic mass is 15.0. The molecule has 1 aromatic rings. The lowest BCUT2D eigenvalue weighted by molar-refractivity contribution is 0.481. The zero-order chi connectivity index (χ0) is 10.8. The van der Waals surface area contributed by atoms with Gasteiger partial charge in [-0.3, -0.25) is 5.32 Å². The molecule has 1 aliphatic carbocycles. The van der Waals surface area contributed by atoms with Gasteiger partial charge in [-0.1, -0.05) is 30.2 Å². The molecule has 3 unspecified atom stereocenters. The van der Waals surface area contributed by atoms with Crippen LogP contribution in [-0.2, 0) is 0 Å². The van der Waals surface area contributed by atoms with E-state index in [1.54, 1.807) is 0 Å². The molecular formula is C13H16N2. The first-order valence-corrected chi connectivity index (χ1v) is 5.29. The van der Waals surface area contributed by atoms with Crippen LogP contribution in [-0.4, -0.2) is 6.04 Å². The van der Waals surface area contributed by atoms with Crippen LogP contribution in [0.1, 0.15) is 36.6 Å². The Morgan fingerprint density at radius 2 is 2.13 bits per heavy atom. The van der Waals surface area contributed by atoms with Crippen molar-refractivity contribution in [2.75, 3.05) is 0 Å². The van der Waals surface area contributed by atoms with Crippen LogP contribution in [0, 0.1) is 12.3 Å². The average molecular weight is 200 g/mol. The largest absolute Gasteiger partial charge is 0.324 e. The van der Waals surface area contributed by atoms with Gasteiger partial charge >= 0.3 is 0 Å². The molecule has 0 fully saturated rings. The van der Waals surface area contributed by atoms with Gasteiger partial charge in [0.1, 0.15) is 0 Å². The summed E-state index contributed by atoms with van der Waals surface area (Å²) >= 11 is 0. The second kappa shape index (κ2) is 4.06. The third-order valence-electron chi connectivity index (χ3n) is 2.96. The Labute approximate surface area is 90.9 Å². The Bertz CT molecular complexity index is 392. The van der Waals surface area contributed by atoms with Crippen molar-refractivity contribution in [1.29, 1.82) is 0 Å². The monoisotopic (exact) mass is 200 g/mol. The van der Waals surface area contributed by atoms with Gasteiger partial charge in [0.25, 0.3) is 0 Å². The number of fused-ring (bicyclic) bond motifs is 1. The zero-order valence-corrected chi connectivity index (χ0v) is 8.90. The molecule has 0 heterocycles. The molecule has 0 saturated heterocycles. The van der Waals surface area contributed by atoms with Gasteiger partial charge in [0.2, 0.25) is 0 Å². The van der Waals surface area contributed by atoms with E-state index >= 15 is 0 Å². The second-order valence-electron chi connectivity index (χ2n) is 4.08. The molecule has 0 aliphatic heterocycles. The average Bonchev–Trinajstić information content (AvgIpc) is 2.57. The summed E-state index contributed by atoms with van der Waals surface area (Å²) in [6.45, 7) is 1.99. The van der Waals surface area contributed by atoms with Crippen molar-refractivity contribution < 1.29 is 0 Å². The summed E-state index contributed by atoms with van der Waals surface area (Å²) in [5.41, 5.74) is 8.61. The highest BCUT2D eigenvalue weighted by Gasteiger charge is 2.28. The lowest BCUT2D eigenvalue weighted by atomic mass is 10.1. The molecule has 2 heteroatoms. The Morgan fingerprint density at radius 1 is 1.47 bits per heavy atom. The summed E-state index contributed by atoms with van der Waals surface area (Å²) in [6, 6.07) is 8.85. The van der Waals surface area contributed by atoms with Crippen molar-refractivity contribution in [3.63, 3.8) is 0 Å². The van der Waals surface area contributed by atoms with Gasteiger partial charge in [-0.25, -0.2) is 0 Å². The summed E-state index contributed by atoms with van der Waals surface area (Å²) in [6.07, 6.45) is 6.30. The van der Waals surface area contributed by atoms with Crippen molar-refractivity contribution in [3.05, 3.63) is 35.4 Å². The van der Waals surface area contributed by atoms with Crippen LogP contribution in [0.15, 0.2) is 24.3 Å². The van der Waals surface area contributed by atoms with Crippen LogP contribution in [0.25, 0.3) is 0 Å². The maximum Gasteiger partial charge on any atom is 0.0663 e. The third-order valence-corrected chi connectivity index (χ3v) is 2.96. The minimum Gasteiger partial charge on any atom is -0.324 e. The van der Waals surface area contributed by atoms with Gasteiger partial charge in [0, 0.05) is 12.1 Å². The number of hydrogen-bond donors (Lipinski definition) is 2. The minimum atomic E-state index is 0.0911. The Balaban J connectivity index is 2.22. The third kappa shape index (κ3) is 1.90. The molecule has 3 atom stereocenters. The van der Waals surface area contributed by atoms with Crippen molar-refractivity contribution in [2.45, 2.75) is 31.5 Å². The van der Waals surface area contributed by atoms with E-state index in [-0.39, 0.29) is 12.1 Å². The topological polar surface area (TPSA) is 38.0 Å².